The van der Waals surface area contributed by atoms with Crippen molar-refractivity contribution in [3.8, 4) is 11.6 Å². The minimum atomic E-state index is -0.888. The first-order chi connectivity index (χ1) is 8.99. The van der Waals surface area contributed by atoms with Crippen LogP contribution in [0.15, 0.2) is 21.2 Å². The van der Waals surface area contributed by atoms with Crippen LogP contribution in [0.1, 0.15) is 26.3 Å². The molecule has 2 aromatic rings. The van der Waals surface area contributed by atoms with E-state index >= 15 is 0 Å². The van der Waals surface area contributed by atoms with Gasteiger partial charge in [0.2, 0.25) is 5.82 Å². The van der Waals surface area contributed by atoms with Crippen LogP contribution < -0.4 is 0 Å². The van der Waals surface area contributed by atoms with E-state index in [9.17, 15) is 4.79 Å². The average Bonchev–Trinajstić information content (AvgIpc) is 2.93. The molecule has 7 nitrogen and oxygen atoms in total. The molecule has 1 unspecified atom stereocenters. The number of nitrogens with zero attached hydrogens (tertiary/aromatic N) is 4. The Hall–Kier alpha value is -1.70. The normalized spacial score (nSPS) is 12.8. The fourth-order valence-electron chi connectivity index (χ4n) is 1.80. The summed E-state index contributed by atoms with van der Waals surface area (Å²) in [4.78, 5) is 10.9. The molecular formula is C11H13BrN4O3. The van der Waals surface area contributed by atoms with E-state index in [0.29, 0.717) is 16.3 Å². The second-order valence-corrected chi connectivity index (χ2v) is 5.24. The standard InChI is InChI=1S/C11H13BrN4O3/c1-6(2)7(5-10(17)18)16-11(13-14-15-16)8-3-4-9(12)19-8/h3-4,6-7H,5H2,1-2H3,(H,17,18). The van der Waals surface area contributed by atoms with Crippen LogP contribution in [-0.4, -0.2) is 31.3 Å². The van der Waals surface area contributed by atoms with Gasteiger partial charge in [0.1, 0.15) is 0 Å². The van der Waals surface area contributed by atoms with Crippen LogP contribution >= 0.6 is 15.9 Å². The van der Waals surface area contributed by atoms with Crippen molar-refractivity contribution < 1.29 is 14.3 Å². The summed E-state index contributed by atoms with van der Waals surface area (Å²) < 4.78 is 7.48. The maximum Gasteiger partial charge on any atom is 0.305 e. The minimum absolute atomic E-state index is 0.0441. The lowest BCUT2D eigenvalue weighted by molar-refractivity contribution is -0.138. The van der Waals surface area contributed by atoms with E-state index in [1.54, 1.807) is 12.1 Å². The lowest BCUT2D eigenvalue weighted by Gasteiger charge is -2.19. The molecule has 2 aromatic heterocycles. The molecule has 0 spiro atoms. The smallest absolute Gasteiger partial charge is 0.305 e. The average molecular weight is 329 g/mol. The summed E-state index contributed by atoms with van der Waals surface area (Å²) in [6, 6.07) is 3.13. The lowest BCUT2D eigenvalue weighted by Crippen LogP contribution is -2.21. The van der Waals surface area contributed by atoms with Crippen LogP contribution in [0.4, 0.5) is 0 Å². The molecule has 0 aliphatic heterocycles. The number of hydrogen-bond acceptors (Lipinski definition) is 5. The van der Waals surface area contributed by atoms with Gasteiger partial charge in [-0.25, -0.2) is 4.68 Å². The monoisotopic (exact) mass is 328 g/mol. The molecule has 0 radical (unpaired) electrons. The molecule has 0 aromatic carbocycles. The molecule has 8 heteroatoms. The van der Waals surface area contributed by atoms with E-state index in [1.165, 1.54) is 4.68 Å². The number of tetrazole rings is 1. The molecule has 0 aliphatic rings. The van der Waals surface area contributed by atoms with E-state index in [-0.39, 0.29) is 18.4 Å². The van der Waals surface area contributed by atoms with Crippen LogP contribution in [0, 0.1) is 5.92 Å². The molecule has 1 atom stereocenters. The highest BCUT2D eigenvalue weighted by Crippen LogP contribution is 2.28. The van der Waals surface area contributed by atoms with Gasteiger partial charge in [0.05, 0.1) is 12.5 Å². The third-order valence-corrected chi connectivity index (χ3v) is 3.18. The van der Waals surface area contributed by atoms with Crippen LogP contribution in [0.3, 0.4) is 0 Å². The third kappa shape index (κ3) is 3.01. The zero-order valence-electron chi connectivity index (χ0n) is 10.4. The molecule has 0 bridgehead atoms. The highest BCUT2D eigenvalue weighted by molar-refractivity contribution is 9.10. The van der Waals surface area contributed by atoms with Gasteiger partial charge in [0, 0.05) is 0 Å². The van der Waals surface area contributed by atoms with Gasteiger partial charge in [0.25, 0.3) is 0 Å². The second kappa shape index (κ2) is 5.52. The van der Waals surface area contributed by atoms with Gasteiger partial charge in [-0.2, -0.15) is 0 Å². The molecule has 19 heavy (non-hydrogen) atoms. The Morgan fingerprint density at radius 1 is 1.53 bits per heavy atom. The Labute approximate surface area is 117 Å². The van der Waals surface area contributed by atoms with Gasteiger partial charge in [-0.1, -0.05) is 13.8 Å². The van der Waals surface area contributed by atoms with Crippen molar-refractivity contribution in [2.45, 2.75) is 26.3 Å². The number of halogens is 1. The number of carbonyl (C=O) groups is 1. The van der Waals surface area contributed by atoms with Crippen LogP contribution in [0.25, 0.3) is 11.6 Å². The summed E-state index contributed by atoms with van der Waals surface area (Å²) in [5, 5.41) is 20.4. The number of furan rings is 1. The van der Waals surface area contributed by atoms with E-state index in [0.717, 1.165) is 0 Å². The van der Waals surface area contributed by atoms with E-state index in [2.05, 4.69) is 31.5 Å². The molecule has 0 amide bonds. The first kappa shape index (κ1) is 13.7. The van der Waals surface area contributed by atoms with Crippen molar-refractivity contribution in [3.05, 3.63) is 16.8 Å². The first-order valence-electron chi connectivity index (χ1n) is 5.74. The van der Waals surface area contributed by atoms with Gasteiger partial charge in [0.15, 0.2) is 10.4 Å². The number of rotatable bonds is 5. The number of carboxylic acid groups (broad SMARTS) is 1. The predicted molar refractivity (Wildman–Crippen MR) is 69.3 cm³/mol. The molecule has 102 valence electrons. The Balaban J connectivity index is 2.39. The molecule has 0 saturated heterocycles. The maximum atomic E-state index is 10.9. The number of aliphatic carboxylic acids is 1. The molecular weight excluding hydrogens is 316 g/mol. The highest BCUT2D eigenvalue weighted by atomic mass is 79.9. The van der Waals surface area contributed by atoms with E-state index in [4.69, 9.17) is 9.52 Å². The van der Waals surface area contributed by atoms with Crippen molar-refractivity contribution >= 4 is 21.9 Å². The number of aromatic nitrogens is 4. The highest BCUT2D eigenvalue weighted by Gasteiger charge is 2.25. The van der Waals surface area contributed by atoms with E-state index in [1.807, 2.05) is 13.8 Å². The lowest BCUT2D eigenvalue weighted by atomic mass is 10.0. The number of carboxylic acids is 1. The van der Waals surface area contributed by atoms with Crippen LogP contribution in [0.2, 0.25) is 0 Å². The Morgan fingerprint density at radius 3 is 2.79 bits per heavy atom. The molecule has 2 heterocycles. The predicted octanol–water partition coefficient (Wildman–Crippen LogP) is 2.37. The SMILES string of the molecule is CC(C)C(CC(=O)O)n1nnnc1-c1ccc(Br)o1. The summed E-state index contributed by atoms with van der Waals surface area (Å²) in [6.45, 7) is 3.86. The van der Waals surface area contributed by atoms with Crippen molar-refractivity contribution in [2.24, 2.45) is 5.92 Å². The number of hydrogen-bond donors (Lipinski definition) is 1. The van der Waals surface area contributed by atoms with Crippen molar-refractivity contribution in [2.75, 3.05) is 0 Å². The van der Waals surface area contributed by atoms with Crippen molar-refractivity contribution in [3.63, 3.8) is 0 Å². The summed E-state index contributed by atoms with van der Waals surface area (Å²) in [5.41, 5.74) is 0. The van der Waals surface area contributed by atoms with Crippen molar-refractivity contribution in [1.29, 1.82) is 0 Å². The van der Waals surface area contributed by atoms with Gasteiger partial charge in [-0.3, -0.25) is 4.79 Å². The van der Waals surface area contributed by atoms with E-state index < -0.39 is 5.97 Å². The van der Waals surface area contributed by atoms with Crippen LogP contribution in [-0.2, 0) is 4.79 Å². The summed E-state index contributed by atoms with van der Waals surface area (Å²) in [5.74, 6) is 0.107. The van der Waals surface area contributed by atoms with Gasteiger partial charge >= 0.3 is 5.97 Å². The van der Waals surface area contributed by atoms with Crippen LogP contribution in [0.5, 0.6) is 0 Å². The molecule has 0 fully saturated rings. The zero-order chi connectivity index (χ0) is 14.0. The summed E-state index contributed by atoms with van der Waals surface area (Å²) in [6.07, 6.45) is -0.0441. The van der Waals surface area contributed by atoms with Gasteiger partial charge in [-0.15, -0.1) is 5.10 Å². The Kier molecular flexibility index (Phi) is 3.98. The summed E-state index contributed by atoms with van der Waals surface area (Å²) >= 11 is 3.21. The molecule has 0 aliphatic carbocycles. The maximum absolute atomic E-state index is 10.9. The third-order valence-electron chi connectivity index (χ3n) is 2.75. The van der Waals surface area contributed by atoms with Gasteiger partial charge < -0.3 is 9.52 Å². The Bertz CT molecular complexity index is 578. The first-order valence-corrected chi connectivity index (χ1v) is 6.53. The zero-order valence-corrected chi connectivity index (χ0v) is 12.0. The molecule has 1 N–H and O–H groups in total. The second-order valence-electron chi connectivity index (χ2n) is 4.46. The molecule has 2 rings (SSSR count). The fourth-order valence-corrected chi connectivity index (χ4v) is 2.10. The largest absolute Gasteiger partial charge is 0.481 e. The summed E-state index contributed by atoms with van der Waals surface area (Å²) in [7, 11) is 0. The minimum Gasteiger partial charge on any atom is -0.481 e. The fraction of sp³-hybridized carbons (Fsp3) is 0.455. The molecule has 0 saturated carbocycles. The Morgan fingerprint density at radius 2 is 2.26 bits per heavy atom. The van der Waals surface area contributed by atoms with Gasteiger partial charge in [-0.05, 0) is 44.4 Å². The quantitative estimate of drug-likeness (QED) is 0.905. The topological polar surface area (TPSA) is 94.0 Å². The van der Waals surface area contributed by atoms with Crippen molar-refractivity contribution in [1.82, 2.24) is 20.2 Å².